The van der Waals surface area contributed by atoms with E-state index in [-0.39, 0.29) is 16.4 Å². The monoisotopic (exact) mass is 373 g/mol. The van der Waals surface area contributed by atoms with Crippen LogP contribution < -0.4 is 10.6 Å². The van der Waals surface area contributed by atoms with E-state index in [1.807, 2.05) is 0 Å². The number of carbonyl (C=O) groups excluding carboxylic acids is 3. The van der Waals surface area contributed by atoms with Gasteiger partial charge < -0.3 is 10.6 Å². The highest BCUT2D eigenvalue weighted by atomic mass is 32.2. The Morgan fingerprint density at radius 3 is 2.31 bits per heavy atom. The van der Waals surface area contributed by atoms with Crippen molar-refractivity contribution in [2.24, 2.45) is 0 Å². The Morgan fingerprint density at radius 2 is 1.65 bits per heavy atom. The first-order chi connectivity index (χ1) is 12.3. The third kappa shape index (κ3) is 3.29. The first-order valence-corrected chi connectivity index (χ1v) is 9.06. The van der Waals surface area contributed by atoms with E-state index in [4.69, 9.17) is 0 Å². The van der Waals surface area contributed by atoms with Crippen LogP contribution in [0.1, 0.15) is 17.3 Å². The summed E-state index contributed by atoms with van der Waals surface area (Å²) in [5.74, 6) is -1.67. The molecule has 0 spiro atoms. The van der Waals surface area contributed by atoms with E-state index in [9.17, 15) is 22.8 Å². The van der Waals surface area contributed by atoms with Crippen molar-refractivity contribution < 1.29 is 22.8 Å². The summed E-state index contributed by atoms with van der Waals surface area (Å²) in [5.41, 5.74) is 0.892. The second-order valence-corrected chi connectivity index (χ2v) is 7.45. The van der Waals surface area contributed by atoms with Crippen LogP contribution in [0, 0.1) is 0 Å². The van der Waals surface area contributed by atoms with Crippen molar-refractivity contribution >= 4 is 39.1 Å². The van der Waals surface area contributed by atoms with Crippen molar-refractivity contribution in [2.45, 2.75) is 11.8 Å². The van der Waals surface area contributed by atoms with Crippen LogP contribution in [0.2, 0.25) is 0 Å². The first kappa shape index (κ1) is 17.6. The number of sulfonamides is 1. The molecule has 0 radical (unpaired) electrons. The zero-order valence-corrected chi connectivity index (χ0v) is 14.5. The molecule has 2 aromatic rings. The number of benzene rings is 2. The summed E-state index contributed by atoms with van der Waals surface area (Å²) in [6, 6.07) is 12.2. The zero-order valence-electron chi connectivity index (χ0n) is 13.7. The smallest absolute Gasteiger partial charge is 0.269 e. The van der Waals surface area contributed by atoms with Gasteiger partial charge in [-0.3, -0.25) is 14.4 Å². The predicted octanol–water partition coefficient (Wildman–Crippen LogP) is 1.43. The number of nitrogens with one attached hydrogen (secondary N) is 2. The predicted molar refractivity (Wildman–Crippen MR) is 94.0 cm³/mol. The standard InChI is InChI=1S/C17H15N3O5S/c1-11(21)18-12-5-4-6-13(9-12)19-16(22)10-20-17(23)14-7-2-3-8-15(14)26(20,24)25/h2-9H,10H2,1H3,(H,18,21)(H,19,22). The van der Waals surface area contributed by atoms with Crippen molar-refractivity contribution in [3.63, 3.8) is 0 Å². The highest BCUT2D eigenvalue weighted by Crippen LogP contribution is 2.29. The third-order valence-electron chi connectivity index (χ3n) is 3.67. The van der Waals surface area contributed by atoms with E-state index >= 15 is 0 Å². The van der Waals surface area contributed by atoms with Crippen LogP contribution in [0.15, 0.2) is 53.4 Å². The molecule has 0 bridgehead atoms. The van der Waals surface area contributed by atoms with Gasteiger partial charge >= 0.3 is 0 Å². The molecule has 0 unspecified atom stereocenters. The molecule has 3 rings (SSSR count). The van der Waals surface area contributed by atoms with Gasteiger partial charge in [-0.05, 0) is 30.3 Å². The molecular weight excluding hydrogens is 358 g/mol. The number of carbonyl (C=O) groups is 3. The molecule has 2 aromatic carbocycles. The fourth-order valence-corrected chi connectivity index (χ4v) is 4.12. The summed E-state index contributed by atoms with van der Waals surface area (Å²) in [6.45, 7) is 0.715. The summed E-state index contributed by atoms with van der Waals surface area (Å²) in [5, 5.41) is 5.09. The number of anilines is 2. The normalized spacial score (nSPS) is 14.7. The van der Waals surface area contributed by atoms with Crippen molar-refractivity contribution in [2.75, 3.05) is 17.2 Å². The lowest BCUT2D eigenvalue weighted by atomic mass is 10.2. The maximum absolute atomic E-state index is 12.4. The second-order valence-electron chi connectivity index (χ2n) is 5.62. The van der Waals surface area contributed by atoms with E-state index in [1.54, 1.807) is 24.3 Å². The molecule has 134 valence electrons. The van der Waals surface area contributed by atoms with Crippen molar-refractivity contribution in [1.82, 2.24) is 4.31 Å². The molecule has 0 atom stereocenters. The molecule has 2 N–H and O–H groups in total. The largest absolute Gasteiger partial charge is 0.326 e. The van der Waals surface area contributed by atoms with Crippen molar-refractivity contribution in [3.05, 3.63) is 54.1 Å². The molecular formula is C17H15N3O5S. The quantitative estimate of drug-likeness (QED) is 0.842. The summed E-state index contributed by atoms with van der Waals surface area (Å²) < 4.78 is 25.4. The summed E-state index contributed by atoms with van der Waals surface area (Å²) in [6.07, 6.45) is 0. The van der Waals surface area contributed by atoms with E-state index < -0.39 is 28.4 Å². The fraction of sp³-hybridized carbons (Fsp3) is 0.118. The lowest BCUT2D eigenvalue weighted by molar-refractivity contribution is -0.116. The molecule has 0 saturated carbocycles. The highest BCUT2D eigenvalue weighted by molar-refractivity contribution is 7.90. The van der Waals surface area contributed by atoms with Gasteiger partial charge in [-0.15, -0.1) is 0 Å². The average Bonchev–Trinajstić information content (AvgIpc) is 2.76. The van der Waals surface area contributed by atoms with E-state index in [0.29, 0.717) is 15.7 Å². The van der Waals surface area contributed by atoms with Gasteiger partial charge in [0.05, 0.1) is 5.56 Å². The average molecular weight is 373 g/mol. The minimum atomic E-state index is -4.04. The molecule has 8 nitrogen and oxygen atoms in total. The Hall–Kier alpha value is -3.20. The van der Waals surface area contributed by atoms with Gasteiger partial charge in [0.25, 0.3) is 15.9 Å². The zero-order chi connectivity index (χ0) is 18.9. The van der Waals surface area contributed by atoms with Gasteiger partial charge in [0.2, 0.25) is 11.8 Å². The van der Waals surface area contributed by atoms with Crippen LogP contribution in [0.3, 0.4) is 0 Å². The Balaban J connectivity index is 1.75. The summed E-state index contributed by atoms with van der Waals surface area (Å²) >= 11 is 0. The fourth-order valence-electron chi connectivity index (χ4n) is 2.60. The Kier molecular flexibility index (Phi) is 4.47. The van der Waals surface area contributed by atoms with Crippen LogP contribution in [0.25, 0.3) is 0 Å². The minimum absolute atomic E-state index is 0.0490. The molecule has 9 heteroatoms. The number of rotatable bonds is 4. The first-order valence-electron chi connectivity index (χ1n) is 7.62. The van der Waals surface area contributed by atoms with Crippen molar-refractivity contribution in [3.8, 4) is 0 Å². The maximum atomic E-state index is 12.4. The SMILES string of the molecule is CC(=O)Nc1cccc(NC(=O)CN2C(=O)c3ccccc3S2(=O)=O)c1. The van der Waals surface area contributed by atoms with Gasteiger partial charge in [0.1, 0.15) is 11.4 Å². The number of hydrogen-bond acceptors (Lipinski definition) is 5. The molecule has 3 amide bonds. The Bertz CT molecular complexity index is 1020. The molecule has 0 saturated heterocycles. The van der Waals surface area contributed by atoms with E-state index in [0.717, 1.165) is 0 Å². The minimum Gasteiger partial charge on any atom is -0.326 e. The number of fused-ring (bicyclic) bond motifs is 1. The van der Waals surface area contributed by atoms with Gasteiger partial charge in [-0.2, -0.15) is 0 Å². The van der Waals surface area contributed by atoms with Crippen molar-refractivity contribution in [1.29, 1.82) is 0 Å². The molecule has 0 aliphatic carbocycles. The lowest BCUT2D eigenvalue weighted by Gasteiger charge is -2.15. The van der Waals surface area contributed by atoms with Gasteiger partial charge in [-0.25, -0.2) is 12.7 Å². The van der Waals surface area contributed by atoms with Crippen LogP contribution >= 0.6 is 0 Å². The number of amides is 3. The van der Waals surface area contributed by atoms with E-state index in [1.165, 1.54) is 31.2 Å². The Morgan fingerprint density at radius 1 is 1.00 bits per heavy atom. The third-order valence-corrected chi connectivity index (χ3v) is 5.45. The molecule has 0 fully saturated rings. The van der Waals surface area contributed by atoms with Crippen LogP contribution in [0.4, 0.5) is 11.4 Å². The van der Waals surface area contributed by atoms with Gasteiger partial charge in [0.15, 0.2) is 0 Å². The molecule has 1 heterocycles. The lowest BCUT2D eigenvalue weighted by Crippen LogP contribution is -2.37. The Labute approximate surface area is 149 Å². The maximum Gasteiger partial charge on any atom is 0.269 e. The van der Waals surface area contributed by atoms with Gasteiger partial charge in [-0.1, -0.05) is 18.2 Å². The number of hydrogen-bond donors (Lipinski definition) is 2. The van der Waals surface area contributed by atoms with Crippen LogP contribution in [0.5, 0.6) is 0 Å². The molecule has 0 aromatic heterocycles. The van der Waals surface area contributed by atoms with E-state index in [2.05, 4.69) is 10.6 Å². The molecule has 1 aliphatic rings. The summed E-state index contributed by atoms with van der Waals surface area (Å²) in [4.78, 5) is 35.5. The van der Waals surface area contributed by atoms with Gasteiger partial charge in [0, 0.05) is 18.3 Å². The van der Waals surface area contributed by atoms with Crippen LogP contribution in [-0.4, -0.2) is 37.0 Å². The highest BCUT2D eigenvalue weighted by Gasteiger charge is 2.41. The molecule has 1 aliphatic heterocycles. The number of nitrogens with zero attached hydrogens (tertiary/aromatic N) is 1. The molecule has 26 heavy (non-hydrogen) atoms. The summed E-state index contributed by atoms with van der Waals surface area (Å²) in [7, 11) is -4.04. The second kappa shape index (κ2) is 6.60. The topological polar surface area (TPSA) is 113 Å². The van der Waals surface area contributed by atoms with Crippen LogP contribution in [-0.2, 0) is 19.6 Å².